The second-order valence-electron chi connectivity index (χ2n) is 4.03. The number of nitrogens with one attached hydrogen (secondary N) is 1. The Morgan fingerprint density at radius 3 is 2.83 bits per heavy atom. The minimum atomic E-state index is -0.814. The average Bonchev–Trinajstić information content (AvgIpc) is 2.72. The molecule has 1 unspecified atom stereocenters. The molecule has 0 aliphatic heterocycles. The SMILES string of the molecule is CCNC(C)C(=O)c1ccc2c(F)coc2c1F. The molecule has 2 rings (SSSR count). The monoisotopic (exact) mass is 253 g/mol. The van der Waals surface area contributed by atoms with Crippen molar-refractivity contribution in [3.63, 3.8) is 0 Å². The van der Waals surface area contributed by atoms with Crippen LogP contribution in [0.1, 0.15) is 24.2 Å². The Balaban J connectivity index is 2.46. The summed E-state index contributed by atoms with van der Waals surface area (Å²) in [6, 6.07) is 2.14. The van der Waals surface area contributed by atoms with Gasteiger partial charge in [-0.2, -0.15) is 0 Å². The van der Waals surface area contributed by atoms with Crippen LogP contribution >= 0.6 is 0 Å². The predicted molar refractivity (Wildman–Crippen MR) is 63.6 cm³/mol. The molecular formula is C13H13F2NO2. The van der Waals surface area contributed by atoms with Gasteiger partial charge in [0.2, 0.25) is 0 Å². The number of benzene rings is 1. The van der Waals surface area contributed by atoms with E-state index in [0.717, 1.165) is 6.26 Å². The molecule has 0 fully saturated rings. The van der Waals surface area contributed by atoms with Crippen molar-refractivity contribution >= 4 is 16.8 Å². The van der Waals surface area contributed by atoms with Crippen LogP contribution in [0.4, 0.5) is 8.78 Å². The van der Waals surface area contributed by atoms with Gasteiger partial charge in [0.1, 0.15) is 6.26 Å². The number of fused-ring (bicyclic) bond motifs is 1. The molecule has 3 nitrogen and oxygen atoms in total. The van der Waals surface area contributed by atoms with Crippen molar-refractivity contribution in [3.05, 3.63) is 35.6 Å². The summed E-state index contributed by atoms with van der Waals surface area (Å²) in [7, 11) is 0. The molecule has 0 spiro atoms. The van der Waals surface area contributed by atoms with E-state index in [2.05, 4.69) is 5.32 Å². The number of likely N-dealkylation sites (N-methyl/N-ethyl adjacent to an activating group) is 1. The Morgan fingerprint density at radius 2 is 2.17 bits per heavy atom. The second-order valence-corrected chi connectivity index (χ2v) is 4.03. The van der Waals surface area contributed by atoms with E-state index in [4.69, 9.17) is 4.42 Å². The van der Waals surface area contributed by atoms with Crippen molar-refractivity contribution in [2.24, 2.45) is 0 Å². The molecule has 0 aliphatic carbocycles. The minimum absolute atomic E-state index is 0.0418. The highest BCUT2D eigenvalue weighted by Gasteiger charge is 2.22. The van der Waals surface area contributed by atoms with Crippen LogP contribution in [0.2, 0.25) is 0 Å². The largest absolute Gasteiger partial charge is 0.458 e. The number of hydrogen-bond donors (Lipinski definition) is 1. The van der Waals surface area contributed by atoms with E-state index in [1.807, 2.05) is 6.92 Å². The molecule has 0 amide bonds. The van der Waals surface area contributed by atoms with E-state index >= 15 is 0 Å². The molecule has 5 heteroatoms. The van der Waals surface area contributed by atoms with E-state index in [1.54, 1.807) is 6.92 Å². The Hall–Kier alpha value is -1.75. The number of hydrogen-bond acceptors (Lipinski definition) is 3. The molecule has 1 N–H and O–H groups in total. The maximum atomic E-state index is 14.0. The highest BCUT2D eigenvalue weighted by Crippen LogP contribution is 2.25. The van der Waals surface area contributed by atoms with E-state index in [1.165, 1.54) is 12.1 Å². The van der Waals surface area contributed by atoms with Gasteiger partial charge in [0, 0.05) is 0 Å². The first-order chi connectivity index (χ1) is 8.56. The molecular weight excluding hydrogens is 240 g/mol. The number of Topliss-reactive ketones (excluding diaryl/α,β-unsaturated/α-hetero) is 1. The van der Waals surface area contributed by atoms with Gasteiger partial charge in [-0.1, -0.05) is 6.92 Å². The standard InChI is InChI=1S/C13H13F2NO2/c1-3-16-7(2)12(17)9-5-4-8-10(14)6-18-13(8)11(9)15/h4-7,16H,3H2,1-2H3. The molecule has 1 heterocycles. The maximum absolute atomic E-state index is 14.0. The first kappa shape index (κ1) is 12.7. The lowest BCUT2D eigenvalue weighted by Gasteiger charge is -2.11. The molecule has 0 bridgehead atoms. The number of halogens is 2. The first-order valence-corrected chi connectivity index (χ1v) is 5.69. The van der Waals surface area contributed by atoms with Crippen molar-refractivity contribution in [2.45, 2.75) is 19.9 Å². The maximum Gasteiger partial charge on any atom is 0.182 e. The van der Waals surface area contributed by atoms with Crippen molar-refractivity contribution in [3.8, 4) is 0 Å². The third kappa shape index (κ3) is 2.01. The molecule has 1 aromatic heterocycles. The Bertz CT molecular complexity index is 592. The third-order valence-electron chi connectivity index (χ3n) is 2.80. The van der Waals surface area contributed by atoms with Crippen LogP contribution < -0.4 is 5.32 Å². The van der Waals surface area contributed by atoms with Gasteiger partial charge in [0.05, 0.1) is 17.0 Å². The molecule has 0 aliphatic rings. The zero-order chi connectivity index (χ0) is 13.3. The van der Waals surface area contributed by atoms with Gasteiger partial charge in [0.15, 0.2) is 23.0 Å². The smallest absolute Gasteiger partial charge is 0.182 e. The van der Waals surface area contributed by atoms with Crippen LogP contribution in [-0.4, -0.2) is 18.4 Å². The van der Waals surface area contributed by atoms with Crippen molar-refractivity contribution in [1.29, 1.82) is 0 Å². The van der Waals surface area contributed by atoms with Crippen molar-refractivity contribution in [1.82, 2.24) is 5.32 Å². The van der Waals surface area contributed by atoms with Crippen LogP contribution in [0, 0.1) is 11.6 Å². The van der Waals surface area contributed by atoms with Crippen LogP contribution in [0.5, 0.6) is 0 Å². The highest BCUT2D eigenvalue weighted by molar-refractivity contribution is 6.02. The minimum Gasteiger partial charge on any atom is -0.458 e. The van der Waals surface area contributed by atoms with Gasteiger partial charge >= 0.3 is 0 Å². The summed E-state index contributed by atoms with van der Waals surface area (Å²) in [5, 5.41) is 2.95. The Kier molecular flexibility index (Phi) is 3.43. The predicted octanol–water partition coefficient (Wildman–Crippen LogP) is 2.89. The second kappa shape index (κ2) is 4.86. The van der Waals surface area contributed by atoms with E-state index in [9.17, 15) is 13.6 Å². The Labute approximate surface area is 103 Å². The summed E-state index contributed by atoms with van der Waals surface area (Å²) in [5.41, 5.74) is -0.313. The quantitative estimate of drug-likeness (QED) is 0.852. The van der Waals surface area contributed by atoms with Gasteiger partial charge in [-0.15, -0.1) is 0 Å². The molecule has 1 atom stereocenters. The van der Waals surface area contributed by atoms with Gasteiger partial charge in [0.25, 0.3) is 0 Å². The summed E-state index contributed by atoms with van der Waals surface area (Å²) in [6.45, 7) is 4.11. The fourth-order valence-electron chi connectivity index (χ4n) is 1.86. The molecule has 0 saturated carbocycles. The number of carbonyl (C=O) groups is 1. The lowest BCUT2D eigenvalue weighted by Crippen LogP contribution is -2.34. The fraction of sp³-hybridized carbons (Fsp3) is 0.308. The number of ketones is 1. The normalized spacial score (nSPS) is 12.9. The molecule has 0 saturated heterocycles. The average molecular weight is 253 g/mol. The van der Waals surface area contributed by atoms with Crippen LogP contribution in [0.15, 0.2) is 22.8 Å². The zero-order valence-corrected chi connectivity index (χ0v) is 10.1. The van der Waals surface area contributed by atoms with E-state index < -0.39 is 17.7 Å². The van der Waals surface area contributed by atoms with Crippen molar-refractivity contribution < 1.29 is 18.0 Å². The van der Waals surface area contributed by atoms with Crippen LogP contribution in [0.3, 0.4) is 0 Å². The molecule has 0 radical (unpaired) electrons. The zero-order valence-electron chi connectivity index (χ0n) is 10.1. The summed E-state index contributed by atoms with van der Waals surface area (Å²) in [4.78, 5) is 12.0. The van der Waals surface area contributed by atoms with Gasteiger partial charge in [-0.3, -0.25) is 4.79 Å². The molecule has 2 aromatic rings. The van der Waals surface area contributed by atoms with Gasteiger partial charge in [-0.05, 0) is 25.6 Å². The van der Waals surface area contributed by atoms with Gasteiger partial charge in [-0.25, -0.2) is 8.78 Å². The summed E-state index contributed by atoms with van der Waals surface area (Å²) >= 11 is 0. The van der Waals surface area contributed by atoms with E-state index in [0.29, 0.717) is 6.54 Å². The Morgan fingerprint density at radius 1 is 1.44 bits per heavy atom. The van der Waals surface area contributed by atoms with Crippen molar-refractivity contribution in [2.75, 3.05) is 6.54 Å². The van der Waals surface area contributed by atoms with Crippen LogP contribution in [-0.2, 0) is 0 Å². The number of furan rings is 1. The summed E-state index contributed by atoms with van der Waals surface area (Å²) < 4.78 is 32.0. The molecule has 96 valence electrons. The molecule has 18 heavy (non-hydrogen) atoms. The third-order valence-corrected chi connectivity index (χ3v) is 2.80. The lowest BCUT2D eigenvalue weighted by molar-refractivity contribution is 0.0948. The number of carbonyl (C=O) groups excluding carboxylic acids is 1. The topological polar surface area (TPSA) is 42.2 Å². The first-order valence-electron chi connectivity index (χ1n) is 5.69. The summed E-state index contributed by atoms with van der Waals surface area (Å²) in [5.74, 6) is -1.83. The lowest BCUT2D eigenvalue weighted by atomic mass is 10.0. The fourth-order valence-corrected chi connectivity index (χ4v) is 1.86. The molecule has 1 aromatic carbocycles. The van der Waals surface area contributed by atoms with Crippen LogP contribution in [0.25, 0.3) is 11.0 Å². The summed E-state index contributed by atoms with van der Waals surface area (Å²) in [6.07, 6.45) is 0.829. The number of rotatable bonds is 4. The highest BCUT2D eigenvalue weighted by atomic mass is 19.1. The van der Waals surface area contributed by atoms with Gasteiger partial charge < -0.3 is 9.73 Å². The van der Waals surface area contributed by atoms with E-state index in [-0.39, 0.29) is 22.3 Å².